The highest BCUT2D eigenvalue weighted by Gasteiger charge is 2.12. The molecule has 0 aromatic carbocycles. The van der Waals surface area contributed by atoms with E-state index in [4.69, 9.17) is 9.98 Å². The first-order valence-corrected chi connectivity index (χ1v) is 16.0. The minimum Gasteiger partial charge on any atom is -0.386 e. The van der Waals surface area contributed by atoms with Gasteiger partial charge in [-0.25, -0.2) is 0 Å². The molecule has 2 aliphatic rings. The fourth-order valence-corrected chi connectivity index (χ4v) is 4.59. The normalized spacial score (nSPS) is 19.1. The number of nitrogens with one attached hydrogen (secondary N) is 2. The molecule has 0 radical (unpaired) electrons. The Bertz CT molecular complexity index is 644. The Morgan fingerprint density at radius 3 is 1.24 bits per heavy atom. The monoisotopic (exact) mass is 529 g/mol. The van der Waals surface area contributed by atoms with Gasteiger partial charge < -0.3 is 10.6 Å². The van der Waals surface area contributed by atoms with Crippen molar-refractivity contribution in [3.63, 3.8) is 0 Å². The summed E-state index contributed by atoms with van der Waals surface area (Å²) in [5, 5.41) is 6.93. The summed E-state index contributed by atoms with van der Waals surface area (Å²) >= 11 is 0. The van der Waals surface area contributed by atoms with E-state index in [9.17, 15) is 0 Å². The third-order valence-electron chi connectivity index (χ3n) is 7.07. The number of rotatable bonds is 12. The summed E-state index contributed by atoms with van der Waals surface area (Å²) in [6.45, 7) is 17.6. The Morgan fingerprint density at radius 1 is 0.605 bits per heavy atom. The van der Waals surface area contributed by atoms with Gasteiger partial charge in [-0.3, -0.25) is 9.98 Å². The minimum absolute atomic E-state index is 0.135. The van der Waals surface area contributed by atoms with Crippen LogP contribution in [0.25, 0.3) is 0 Å². The van der Waals surface area contributed by atoms with E-state index in [2.05, 4.69) is 90.9 Å². The van der Waals surface area contributed by atoms with Crippen LogP contribution < -0.4 is 10.6 Å². The van der Waals surface area contributed by atoms with Gasteiger partial charge in [-0.2, -0.15) is 0 Å². The molecule has 38 heavy (non-hydrogen) atoms. The molecule has 0 saturated heterocycles. The zero-order chi connectivity index (χ0) is 28.3. The highest BCUT2D eigenvalue weighted by atomic mass is 14.9. The topological polar surface area (TPSA) is 48.8 Å². The van der Waals surface area contributed by atoms with E-state index in [1.807, 2.05) is 0 Å². The van der Waals surface area contributed by atoms with Gasteiger partial charge in [0.25, 0.3) is 0 Å². The first kappa shape index (κ1) is 34.4. The van der Waals surface area contributed by atoms with Crippen molar-refractivity contribution in [3.05, 3.63) is 23.5 Å². The first-order chi connectivity index (χ1) is 18.0. The van der Waals surface area contributed by atoms with E-state index in [0.29, 0.717) is 12.1 Å². The number of unbranched alkanes of at least 4 members (excludes halogenated alkanes) is 2. The van der Waals surface area contributed by atoms with E-state index >= 15 is 0 Å². The molecule has 0 aromatic rings. The molecule has 0 heterocycles. The largest absolute Gasteiger partial charge is 0.386 e. The smallest absolute Gasteiger partial charge is 0.0499 e. The number of allylic oxidation sites excluding steroid dienone is 2. The van der Waals surface area contributed by atoms with Gasteiger partial charge >= 0.3 is 0 Å². The summed E-state index contributed by atoms with van der Waals surface area (Å²) in [7, 11) is 0. The van der Waals surface area contributed by atoms with Crippen molar-refractivity contribution in [1.82, 2.24) is 10.6 Å². The predicted octanol–water partition coefficient (Wildman–Crippen LogP) is 9.70. The van der Waals surface area contributed by atoms with Gasteiger partial charge in [-0.15, -0.1) is 0 Å². The molecule has 2 aliphatic carbocycles. The van der Waals surface area contributed by atoms with Crippen LogP contribution in [-0.2, 0) is 0 Å². The number of hydrogen-bond donors (Lipinski definition) is 2. The fourth-order valence-electron chi connectivity index (χ4n) is 4.59. The summed E-state index contributed by atoms with van der Waals surface area (Å²) in [6, 6.07) is 1.15. The third-order valence-corrected chi connectivity index (χ3v) is 7.07. The first-order valence-electron chi connectivity index (χ1n) is 16.0. The van der Waals surface area contributed by atoms with Gasteiger partial charge in [0, 0.05) is 48.0 Å². The van der Waals surface area contributed by atoms with Crippen molar-refractivity contribution >= 4 is 12.4 Å². The second-order valence-corrected chi connectivity index (χ2v) is 13.6. The molecule has 2 saturated carbocycles. The number of aliphatic imine (C=N–C) groups is 2. The van der Waals surface area contributed by atoms with Crippen molar-refractivity contribution in [1.29, 1.82) is 0 Å². The molecule has 0 amide bonds. The van der Waals surface area contributed by atoms with Crippen LogP contribution >= 0.6 is 0 Å². The van der Waals surface area contributed by atoms with E-state index in [1.54, 1.807) is 0 Å². The van der Waals surface area contributed by atoms with Crippen molar-refractivity contribution in [2.75, 3.05) is 0 Å². The Labute approximate surface area is 237 Å². The highest BCUT2D eigenvalue weighted by molar-refractivity contribution is 5.79. The molecule has 220 valence electrons. The lowest BCUT2D eigenvalue weighted by Crippen LogP contribution is -2.31. The average molecular weight is 529 g/mol. The van der Waals surface area contributed by atoms with Crippen molar-refractivity contribution in [2.45, 2.75) is 181 Å². The molecule has 2 fully saturated rings. The summed E-state index contributed by atoms with van der Waals surface area (Å²) in [4.78, 5) is 9.61. The maximum absolute atomic E-state index is 4.80. The quantitative estimate of drug-likeness (QED) is 0.248. The number of nitrogens with zero attached hydrogens (tertiary/aromatic N) is 2. The standard InChI is InChI=1S/2C17H32N2/c2*1-5-6-10-15(14-19-17(2,3)4)13-18-16-11-8-7-9-12-16/h2*13-14,16,19H,5-12H2,1-4H3/b15-14+,18-13?;. The molecule has 0 aliphatic heterocycles. The zero-order valence-corrected chi connectivity index (χ0v) is 26.7. The Kier molecular flexibility index (Phi) is 17.7. The third kappa shape index (κ3) is 19.5. The molecule has 2 N–H and O–H groups in total. The molecule has 2 rings (SSSR count). The van der Waals surface area contributed by atoms with Crippen molar-refractivity contribution in [3.8, 4) is 0 Å². The molecular formula is C34H64N4. The predicted molar refractivity (Wildman–Crippen MR) is 172 cm³/mol. The van der Waals surface area contributed by atoms with Gasteiger partial charge in [0.1, 0.15) is 0 Å². The van der Waals surface area contributed by atoms with Crippen molar-refractivity contribution in [2.24, 2.45) is 9.98 Å². The molecule has 0 bridgehead atoms. The van der Waals surface area contributed by atoms with Crippen molar-refractivity contribution < 1.29 is 0 Å². The molecule has 0 aromatic heterocycles. The summed E-state index contributed by atoms with van der Waals surface area (Å²) in [5.41, 5.74) is 2.97. The van der Waals surface area contributed by atoms with Crippen LogP contribution in [0.2, 0.25) is 0 Å². The summed E-state index contributed by atoms with van der Waals surface area (Å²) in [5.74, 6) is 0. The molecule has 4 heteroatoms. The molecular weight excluding hydrogens is 464 g/mol. The van der Waals surface area contributed by atoms with E-state index in [1.165, 1.54) is 101 Å². The van der Waals surface area contributed by atoms with Gasteiger partial charge in [-0.05, 0) is 104 Å². The van der Waals surface area contributed by atoms with E-state index < -0.39 is 0 Å². The van der Waals surface area contributed by atoms with Crippen LogP contribution in [-0.4, -0.2) is 35.6 Å². The van der Waals surface area contributed by atoms with Crippen LogP contribution in [0.5, 0.6) is 0 Å². The van der Waals surface area contributed by atoms with Gasteiger partial charge in [0.15, 0.2) is 0 Å². The summed E-state index contributed by atoms with van der Waals surface area (Å²) < 4.78 is 0. The van der Waals surface area contributed by atoms with Gasteiger partial charge in [0.05, 0.1) is 0 Å². The SMILES string of the molecule is CCCC/C(C=NC1CCCCC1)=C\NC(C)(C)C.CCCCC(C=NC1CCCCC1)=CNC(C)(C)C. The minimum atomic E-state index is 0.135. The average Bonchev–Trinajstić information content (AvgIpc) is 2.88. The summed E-state index contributed by atoms with van der Waals surface area (Å²) in [6.07, 6.45) is 29.2. The fraction of sp³-hybridized carbons (Fsp3) is 0.824. The van der Waals surface area contributed by atoms with Crippen LogP contribution in [0.1, 0.15) is 158 Å². The van der Waals surface area contributed by atoms with E-state index in [0.717, 1.165) is 12.8 Å². The van der Waals surface area contributed by atoms with Crippen LogP contribution in [0.15, 0.2) is 33.5 Å². The van der Waals surface area contributed by atoms with Crippen LogP contribution in [0.3, 0.4) is 0 Å². The molecule has 4 nitrogen and oxygen atoms in total. The second-order valence-electron chi connectivity index (χ2n) is 13.6. The number of hydrogen-bond acceptors (Lipinski definition) is 4. The molecule has 0 atom stereocenters. The lowest BCUT2D eigenvalue weighted by molar-refractivity contribution is 0.444. The Morgan fingerprint density at radius 2 is 0.947 bits per heavy atom. The maximum atomic E-state index is 4.80. The van der Waals surface area contributed by atoms with Gasteiger partial charge in [-0.1, -0.05) is 65.2 Å². The maximum Gasteiger partial charge on any atom is 0.0499 e. The van der Waals surface area contributed by atoms with E-state index in [-0.39, 0.29) is 11.1 Å². The van der Waals surface area contributed by atoms with Gasteiger partial charge in [0.2, 0.25) is 0 Å². The Balaban J connectivity index is 0.000000380. The lowest BCUT2D eigenvalue weighted by Gasteiger charge is -2.20. The highest BCUT2D eigenvalue weighted by Crippen LogP contribution is 2.21. The molecule has 0 spiro atoms. The zero-order valence-electron chi connectivity index (χ0n) is 26.7. The van der Waals surface area contributed by atoms with Crippen LogP contribution in [0.4, 0.5) is 0 Å². The lowest BCUT2D eigenvalue weighted by atomic mass is 9.96. The Hall–Kier alpha value is -1.58. The second kappa shape index (κ2) is 19.5. The molecule has 0 unspecified atom stereocenters. The van der Waals surface area contributed by atoms with Crippen LogP contribution in [0, 0.1) is 0 Å².